The summed E-state index contributed by atoms with van der Waals surface area (Å²) in [5.41, 5.74) is 3.23. The summed E-state index contributed by atoms with van der Waals surface area (Å²) in [5.74, 6) is -0.144. The van der Waals surface area contributed by atoms with Gasteiger partial charge >= 0.3 is 5.97 Å². The van der Waals surface area contributed by atoms with Crippen molar-refractivity contribution in [1.29, 1.82) is 0 Å². The zero-order chi connectivity index (χ0) is 17.6. The number of H-pyrrole nitrogens is 1. The van der Waals surface area contributed by atoms with Crippen LogP contribution in [0.5, 0.6) is 5.75 Å². The molecule has 7 nitrogen and oxygen atoms in total. The molecule has 0 saturated heterocycles. The van der Waals surface area contributed by atoms with Crippen molar-refractivity contribution in [2.24, 2.45) is 0 Å². The van der Waals surface area contributed by atoms with Gasteiger partial charge in [0, 0.05) is 11.8 Å². The maximum absolute atomic E-state index is 12.2. The molecule has 1 amide bonds. The van der Waals surface area contributed by atoms with Crippen LogP contribution < -0.4 is 10.1 Å². The van der Waals surface area contributed by atoms with Crippen LogP contribution in [0.1, 0.15) is 5.56 Å². The fourth-order valence-corrected chi connectivity index (χ4v) is 2.35. The predicted molar refractivity (Wildman–Crippen MR) is 92.4 cm³/mol. The number of fused-ring (bicyclic) bond motifs is 1. The van der Waals surface area contributed by atoms with Gasteiger partial charge in [-0.25, -0.2) is 9.78 Å². The number of nitrogens with one attached hydrogen (secondary N) is 2. The first kappa shape index (κ1) is 16.5. The minimum atomic E-state index is -0.469. The number of anilines is 1. The van der Waals surface area contributed by atoms with Crippen LogP contribution in [-0.2, 0) is 20.7 Å². The van der Waals surface area contributed by atoms with Crippen LogP contribution in [0.3, 0.4) is 0 Å². The molecule has 1 aromatic heterocycles. The van der Waals surface area contributed by atoms with Gasteiger partial charge in [0.05, 0.1) is 30.9 Å². The molecule has 0 aliphatic carbocycles. The molecule has 0 fully saturated rings. The molecule has 0 saturated carbocycles. The lowest BCUT2D eigenvalue weighted by atomic mass is 10.1. The van der Waals surface area contributed by atoms with Crippen molar-refractivity contribution in [2.45, 2.75) is 6.42 Å². The van der Waals surface area contributed by atoms with Gasteiger partial charge in [0.25, 0.3) is 0 Å². The zero-order valence-corrected chi connectivity index (χ0v) is 13.6. The second-order valence-electron chi connectivity index (χ2n) is 5.37. The van der Waals surface area contributed by atoms with Crippen molar-refractivity contribution in [3.05, 3.63) is 54.4 Å². The Bertz CT molecular complexity index is 904. The largest absolute Gasteiger partial charge is 0.482 e. The molecule has 1 heterocycles. The Kier molecular flexibility index (Phi) is 4.94. The Labute approximate surface area is 144 Å². The van der Waals surface area contributed by atoms with Crippen molar-refractivity contribution in [3.8, 4) is 5.75 Å². The van der Waals surface area contributed by atoms with Crippen LogP contribution in [0.2, 0.25) is 0 Å². The maximum atomic E-state index is 12.2. The van der Waals surface area contributed by atoms with E-state index in [4.69, 9.17) is 4.74 Å². The second-order valence-corrected chi connectivity index (χ2v) is 5.37. The van der Waals surface area contributed by atoms with E-state index in [1.807, 2.05) is 18.2 Å². The van der Waals surface area contributed by atoms with Crippen LogP contribution in [0.25, 0.3) is 11.0 Å². The molecule has 0 unspecified atom stereocenters. The number of nitrogens with zero attached hydrogens (tertiary/aromatic N) is 1. The van der Waals surface area contributed by atoms with Crippen LogP contribution in [0, 0.1) is 0 Å². The lowest BCUT2D eigenvalue weighted by Gasteiger charge is -2.09. The number of carbonyl (C=O) groups excluding carboxylic acids is 2. The third-order valence-electron chi connectivity index (χ3n) is 3.55. The third kappa shape index (κ3) is 4.35. The van der Waals surface area contributed by atoms with E-state index in [-0.39, 0.29) is 18.9 Å². The van der Waals surface area contributed by atoms with Crippen molar-refractivity contribution in [2.75, 3.05) is 19.0 Å². The number of rotatable bonds is 6. The highest BCUT2D eigenvalue weighted by molar-refractivity contribution is 5.93. The van der Waals surface area contributed by atoms with Gasteiger partial charge < -0.3 is 19.8 Å². The van der Waals surface area contributed by atoms with Crippen molar-refractivity contribution in [3.63, 3.8) is 0 Å². The Morgan fingerprint density at radius 2 is 2.08 bits per heavy atom. The molecule has 3 aromatic rings. The summed E-state index contributed by atoms with van der Waals surface area (Å²) in [6.45, 7) is -0.182. The van der Waals surface area contributed by atoms with Gasteiger partial charge in [0.1, 0.15) is 5.75 Å². The first-order chi connectivity index (χ1) is 12.1. The lowest BCUT2D eigenvalue weighted by Crippen LogP contribution is -2.15. The van der Waals surface area contributed by atoms with Gasteiger partial charge in [-0.15, -0.1) is 0 Å². The summed E-state index contributed by atoms with van der Waals surface area (Å²) in [4.78, 5) is 30.5. The maximum Gasteiger partial charge on any atom is 0.343 e. The Hall–Kier alpha value is -3.35. The van der Waals surface area contributed by atoms with Crippen LogP contribution in [0.15, 0.2) is 48.8 Å². The number of methoxy groups -OCH3 is 1. The molecule has 2 N–H and O–H groups in total. The first-order valence-electron chi connectivity index (χ1n) is 7.65. The fraction of sp³-hybridized carbons (Fsp3) is 0.167. The van der Waals surface area contributed by atoms with Crippen molar-refractivity contribution in [1.82, 2.24) is 9.97 Å². The van der Waals surface area contributed by atoms with Gasteiger partial charge in [-0.1, -0.05) is 12.1 Å². The molecule has 0 spiro atoms. The minimum Gasteiger partial charge on any atom is -0.482 e. The molecule has 3 rings (SSSR count). The Morgan fingerprint density at radius 3 is 2.92 bits per heavy atom. The molecule has 2 aromatic carbocycles. The number of carbonyl (C=O) groups is 2. The quantitative estimate of drug-likeness (QED) is 0.672. The summed E-state index contributed by atoms with van der Waals surface area (Å²) < 4.78 is 9.82. The topological polar surface area (TPSA) is 93.3 Å². The van der Waals surface area contributed by atoms with Gasteiger partial charge in [-0.05, 0) is 29.8 Å². The summed E-state index contributed by atoms with van der Waals surface area (Å²) in [6.07, 6.45) is 1.86. The number of aromatic nitrogens is 2. The zero-order valence-electron chi connectivity index (χ0n) is 13.6. The van der Waals surface area contributed by atoms with E-state index in [2.05, 4.69) is 20.0 Å². The first-order valence-corrected chi connectivity index (χ1v) is 7.65. The molecule has 0 aliphatic heterocycles. The number of hydrogen-bond acceptors (Lipinski definition) is 5. The van der Waals surface area contributed by atoms with Gasteiger partial charge in [0.2, 0.25) is 5.91 Å². The number of ether oxygens (including phenoxy) is 2. The van der Waals surface area contributed by atoms with Crippen molar-refractivity contribution >= 4 is 28.6 Å². The molecular weight excluding hydrogens is 322 g/mol. The SMILES string of the molecule is COC(=O)COc1cccc(NC(=O)Cc2ccc3nc[nH]c3c2)c1. The van der Waals surface area contributed by atoms with Crippen LogP contribution in [-0.4, -0.2) is 35.6 Å². The van der Waals surface area contributed by atoms with E-state index in [1.165, 1.54) is 7.11 Å². The molecule has 0 bridgehead atoms. The Morgan fingerprint density at radius 1 is 1.20 bits per heavy atom. The summed E-state index contributed by atoms with van der Waals surface area (Å²) in [7, 11) is 1.29. The fourth-order valence-electron chi connectivity index (χ4n) is 2.35. The molecule has 7 heteroatoms. The van der Waals surface area contributed by atoms with Crippen molar-refractivity contribution < 1.29 is 19.1 Å². The van der Waals surface area contributed by atoms with Gasteiger partial charge in [0.15, 0.2) is 6.61 Å². The molecule has 0 radical (unpaired) electrons. The molecule has 0 atom stereocenters. The van der Waals surface area contributed by atoms with E-state index in [0.29, 0.717) is 11.4 Å². The normalized spacial score (nSPS) is 10.4. The smallest absolute Gasteiger partial charge is 0.343 e. The number of hydrogen-bond donors (Lipinski definition) is 2. The average Bonchev–Trinajstić information content (AvgIpc) is 3.07. The summed E-state index contributed by atoms with van der Waals surface area (Å²) >= 11 is 0. The van der Waals surface area contributed by atoms with E-state index >= 15 is 0 Å². The number of imidazole rings is 1. The standard InChI is InChI=1S/C18H17N3O4/c1-24-18(23)10-25-14-4-2-3-13(9-14)21-17(22)8-12-5-6-15-16(7-12)20-11-19-15/h2-7,9,11H,8,10H2,1H3,(H,19,20)(H,21,22). The highest BCUT2D eigenvalue weighted by Crippen LogP contribution is 2.18. The summed E-state index contributed by atoms with van der Waals surface area (Å²) in [5, 5.41) is 2.81. The van der Waals surface area contributed by atoms with E-state index in [9.17, 15) is 9.59 Å². The number of esters is 1. The second kappa shape index (κ2) is 7.48. The van der Waals surface area contributed by atoms with Crippen LogP contribution in [0.4, 0.5) is 5.69 Å². The van der Waals surface area contributed by atoms with Crippen LogP contribution >= 0.6 is 0 Å². The Balaban J connectivity index is 1.61. The molecule has 25 heavy (non-hydrogen) atoms. The molecule has 0 aliphatic rings. The highest BCUT2D eigenvalue weighted by atomic mass is 16.6. The van der Waals surface area contributed by atoms with E-state index < -0.39 is 5.97 Å². The minimum absolute atomic E-state index is 0.149. The third-order valence-corrected chi connectivity index (χ3v) is 3.55. The number of aromatic amines is 1. The van der Waals surface area contributed by atoms with Gasteiger partial charge in [-0.2, -0.15) is 0 Å². The lowest BCUT2D eigenvalue weighted by molar-refractivity contribution is -0.142. The molecular formula is C18H17N3O4. The van der Waals surface area contributed by atoms with Gasteiger partial charge in [-0.3, -0.25) is 4.79 Å². The average molecular weight is 339 g/mol. The van der Waals surface area contributed by atoms with E-state index in [1.54, 1.807) is 30.6 Å². The highest BCUT2D eigenvalue weighted by Gasteiger charge is 2.07. The summed E-state index contributed by atoms with van der Waals surface area (Å²) in [6, 6.07) is 12.5. The molecule has 128 valence electrons. The number of benzene rings is 2. The number of amides is 1. The predicted octanol–water partition coefficient (Wildman–Crippen LogP) is 2.30. The van der Waals surface area contributed by atoms with E-state index in [0.717, 1.165) is 16.6 Å². The monoisotopic (exact) mass is 339 g/mol.